The normalized spacial score (nSPS) is 18.7. The van der Waals surface area contributed by atoms with E-state index in [-0.39, 0.29) is 0 Å². The van der Waals surface area contributed by atoms with Gasteiger partial charge < -0.3 is 10.5 Å². The standard InChI is InChI=1S/C16H25NO/c17-12-11-16(15-9-5-2-6-10-15)18-13-14-7-3-1-4-8-14/h1,3-4,7-8,15-16H,2,5-6,9-13,17H2. The average molecular weight is 247 g/mol. The fourth-order valence-corrected chi connectivity index (χ4v) is 2.90. The van der Waals surface area contributed by atoms with Gasteiger partial charge in [0.15, 0.2) is 0 Å². The Kier molecular flexibility index (Phi) is 5.69. The summed E-state index contributed by atoms with van der Waals surface area (Å²) in [5.74, 6) is 0.728. The van der Waals surface area contributed by atoms with Crippen LogP contribution in [-0.4, -0.2) is 12.6 Å². The van der Waals surface area contributed by atoms with Gasteiger partial charge in [0, 0.05) is 0 Å². The van der Waals surface area contributed by atoms with E-state index in [1.165, 1.54) is 37.7 Å². The van der Waals surface area contributed by atoms with Crippen LogP contribution in [0.25, 0.3) is 0 Å². The first kappa shape index (κ1) is 13.6. The molecule has 1 fully saturated rings. The van der Waals surface area contributed by atoms with Gasteiger partial charge in [-0.2, -0.15) is 0 Å². The number of hydrogen-bond donors (Lipinski definition) is 1. The van der Waals surface area contributed by atoms with E-state index in [1.54, 1.807) is 0 Å². The molecule has 0 amide bonds. The Hall–Kier alpha value is -0.860. The van der Waals surface area contributed by atoms with E-state index in [4.69, 9.17) is 10.5 Å². The van der Waals surface area contributed by atoms with E-state index in [0.717, 1.165) is 25.5 Å². The summed E-state index contributed by atoms with van der Waals surface area (Å²) < 4.78 is 6.13. The minimum absolute atomic E-state index is 0.357. The molecule has 1 aliphatic rings. The molecule has 1 unspecified atom stereocenters. The molecule has 1 aliphatic carbocycles. The maximum Gasteiger partial charge on any atom is 0.0720 e. The van der Waals surface area contributed by atoms with E-state index in [9.17, 15) is 0 Å². The molecule has 0 radical (unpaired) electrons. The fraction of sp³-hybridized carbons (Fsp3) is 0.625. The lowest BCUT2D eigenvalue weighted by molar-refractivity contribution is -0.0137. The Morgan fingerprint density at radius 2 is 1.83 bits per heavy atom. The molecule has 18 heavy (non-hydrogen) atoms. The van der Waals surface area contributed by atoms with Crippen LogP contribution in [0.1, 0.15) is 44.1 Å². The Morgan fingerprint density at radius 3 is 2.50 bits per heavy atom. The highest BCUT2D eigenvalue weighted by molar-refractivity contribution is 5.13. The van der Waals surface area contributed by atoms with Crippen LogP contribution in [0.4, 0.5) is 0 Å². The highest BCUT2D eigenvalue weighted by Crippen LogP contribution is 2.29. The minimum atomic E-state index is 0.357. The summed E-state index contributed by atoms with van der Waals surface area (Å²) in [6.07, 6.45) is 8.11. The first-order valence-electron chi connectivity index (χ1n) is 7.25. The van der Waals surface area contributed by atoms with Gasteiger partial charge in [-0.1, -0.05) is 49.6 Å². The largest absolute Gasteiger partial charge is 0.373 e. The minimum Gasteiger partial charge on any atom is -0.373 e. The first-order valence-corrected chi connectivity index (χ1v) is 7.25. The molecule has 0 saturated heterocycles. The lowest BCUT2D eigenvalue weighted by atomic mass is 9.84. The smallest absolute Gasteiger partial charge is 0.0720 e. The molecule has 0 heterocycles. The quantitative estimate of drug-likeness (QED) is 0.835. The number of benzene rings is 1. The molecule has 1 aromatic rings. The third-order valence-corrected chi connectivity index (χ3v) is 3.93. The van der Waals surface area contributed by atoms with Crippen LogP contribution in [0.15, 0.2) is 30.3 Å². The third kappa shape index (κ3) is 4.11. The van der Waals surface area contributed by atoms with Crippen LogP contribution < -0.4 is 5.73 Å². The predicted octanol–water partition coefficient (Wildman–Crippen LogP) is 3.50. The van der Waals surface area contributed by atoms with Gasteiger partial charge in [0.25, 0.3) is 0 Å². The van der Waals surface area contributed by atoms with Crippen molar-refractivity contribution in [2.24, 2.45) is 11.7 Å². The maximum atomic E-state index is 6.13. The second-order valence-electron chi connectivity index (χ2n) is 5.31. The van der Waals surface area contributed by atoms with Crippen LogP contribution in [0.5, 0.6) is 0 Å². The molecule has 0 bridgehead atoms. The van der Waals surface area contributed by atoms with Gasteiger partial charge in [-0.25, -0.2) is 0 Å². The summed E-state index contributed by atoms with van der Waals surface area (Å²) in [4.78, 5) is 0. The van der Waals surface area contributed by atoms with Crippen LogP contribution in [0.2, 0.25) is 0 Å². The van der Waals surface area contributed by atoms with Crippen molar-refractivity contribution in [3.05, 3.63) is 35.9 Å². The summed E-state index contributed by atoms with van der Waals surface area (Å²) in [5, 5.41) is 0. The molecule has 1 aromatic carbocycles. The van der Waals surface area contributed by atoms with Crippen molar-refractivity contribution in [3.63, 3.8) is 0 Å². The van der Waals surface area contributed by atoms with Gasteiger partial charge in [-0.15, -0.1) is 0 Å². The number of hydrogen-bond acceptors (Lipinski definition) is 2. The van der Waals surface area contributed by atoms with Crippen LogP contribution in [-0.2, 0) is 11.3 Å². The molecule has 2 nitrogen and oxygen atoms in total. The van der Waals surface area contributed by atoms with Crippen LogP contribution in [0.3, 0.4) is 0 Å². The molecule has 2 rings (SSSR count). The van der Waals surface area contributed by atoms with Crippen molar-refractivity contribution < 1.29 is 4.74 Å². The van der Waals surface area contributed by atoms with Gasteiger partial charge in [0.2, 0.25) is 0 Å². The highest BCUT2D eigenvalue weighted by atomic mass is 16.5. The third-order valence-electron chi connectivity index (χ3n) is 3.93. The molecule has 2 heteroatoms. The summed E-state index contributed by atoms with van der Waals surface area (Å²) in [6, 6.07) is 10.4. The second-order valence-corrected chi connectivity index (χ2v) is 5.31. The lowest BCUT2D eigenvalue weighted by Crippen LogP contribution is -2.28. The molecule has 0 aromatic heterocycles. The van der Waals surface area contributed by atoms with Gasteiger partial charge in [0.05, 0.1) is 12.7 Å². The molecule has 2 N–H and O–H groups in total. The zero-order chi connectivity index (χ0) is 12.6. The summed E-state index contributed by atoms with van der Waals surface area (Å²) in [6.45, 7) is 1.46. The van der Waals surface area contributed by atoms with Crippen molar-refractivity contribution in [3.8, 4) is 0 Å². The van der Waals surface area contributed by atoms with Crippen molar-refractivity contribution in [2.75, 3.05) is 6.54 Å². The topological polar surface area (TPSA) is 35.2 Å². The number of ether oxygens (including phenoxy) is 1. The SMILES string of the molecule is NCCC(OCc1ccccc1)C1CCCCC1. The van der Waals surface area contributed by atoms with Crippen molar-refractivity contribution in [1.29, 1.82) is 0 Å². The van der Waals surface area contributed by atoms with E-state index in [2.05, 4.69) is 24.3 Å². The monoisotopic (exact) mass is 247 g/mol. The highest BCUT2D eigenvalue weighted by Gasteiger charge is 2.23. The Bertz CT molecular complexity index is 319. The molecular weight excluding hydrogens is 222 g/mol. The summed E-state index contributed by atoms with van der Waals surface area (Å²) in [7, 11) is 0. The maximum absolute atomic E-state index is 6.13. The fourth-order valence-electron chi connectivity index (χ4n) is 2.90. The molecular formula is C16H25NO. The van der Waals surface area contributed by atoms with Crippen molar-refractivity contribution >= 4 is 0 Å². The van der Waals surface area contributed by atoms with Gasteiger partial charge in [-0.3, -0.25) is 0 Å². The predicted molar refractivity (Wildman–Crippen MR) is 75.3 cm³/mol. The van der Waals surface area contributed by atoms with Crippen LogP contribution in [0, 0.1) is 5.92 Å². The van der Waals surface area contributed by atoms with E-state index >= 15 is 0 Å². The molecule has 0 aliphatic heterocycles. The van der Waals surface area contributed by atoms with Crippen molar-refractivity contribution in [2.45, 2.75) is 51.2 Å². The second kappa shape index (κ2) is 7.55. The average Bonchev–Trinajstić information content (AvgIpc) is 2.45. The Morgan fingerprint density at radius 1 is 1.11 bits per heavy atom. The molecule has 1 saturated carbocycles. The van der Waals surface area contributed by atoms with E-state index in [1.807, 2.05) is 6.07 Å². The molecule has 0 spiro atoms. The van der Waals surface area contributed by atoms with Crippen molar-refractivity contribution in [1.82, 2.24) is 0 Å². The number of nitrogens with two attached hydrogens (primary N) is 1. The number of rotatable bonds is 6. The van der Waals surface area contributed by atoms with E-state index in [0.29, 0.717) is 6.10 Å². The summed E-state index contributed by atoms with van der Waals surface area (Å²) >= 11 is 0. The van der Waals surface area contributed by atoms with Gasteiger partial charge in [0.1, 0.15) is 0 Å². The molecule has 100 valence electrons. The van der Waals surface area contributed by atoms with Crippen LogP contribution >= 0.6 is 0 Å². The summed E-state index contributed by atoms with van der Waals surface area (Å²) in [5.41, 5.74) is 6.98. The zero-order valence-electron chi connectivity index (χ0n) is 11.2. The molecule has 1 atom stereocenters. The first-order chi connectivity index (χ1) is 8.90. The Balaban J connectivity index is 1.85. The van der Waals surface area contributed by atoms with Gasteiger partial charge in [-0.05, 0) is 37.3 Å². The van der Waals surface area contributed by atoms with E-state index < -0.39 is 0 Å². The lowest BCUT2D eigenvalue weighted by Gasteiger charge is -2.30. The zero-order valence-corrected chi connectivity index (χ0v) is 11.2. The Labute approximate surface area is 111 Å². The van der Waals surface area contributed by atoms with Gasteiger partial charge >= 0.3 is 0 Å².